The summed E-state index contributed by atoms with van der Waals surface area (Å²) < 4.78 is 0. The topological polar surface area (TPSA) is 40.2 Å². The Morgan fingerprint density at radius 3 is 2.70 bits per heavy atom. The minimum absolute atomic E-state index is 0.174. The van der Waals surface area contributed by atoms with E-state index < -0.39 is 0 Å². The fourth-order valence-electron chi connectivity index (χ4n) is 3.09. The van der Waals surface area contributed by atoms with Crippen LogP contribution in [0.1, 0.15) is 12.8 Å². The smallest absolute Gasteiger partial charge is 0.280 e. The second-order valence-electron chi connectivity index (χ2n) is 5.57. The second kappa shape index (κ2) is 6.02. The summed E-state index contributed by atoms with van der Waals surface area (Å²) >= 11 is 6.03. The molecule has 1 aromatic rings. The van der Waals surface area contributed by atoms with Crippen molar-refractivity contribution in [3.63, 3.8) is 0 Å². The number of carbonyl (C=O) groups excluding carboxylic acids is 1. The molecule has 20 heavy (non-hydrogen) atoms. The van der Waals surface area contributed by atoms with E-state index in [2.05, 4.69) is 16.3 Å². The van der Waals surface area contributed by atoms with Crippen LogP contribution in [0.25, 0.3) is 0 Å². The number of benzene rings is 1. The molecule has 1 aromatic carbocycles. The van der Waals surface area contributed by atoms with Gasteiger partial charge in [0.05, 0.1) is 6.54 Å². The van der Waals surface area contributed by atoms with Gasteiger partial charge in [0.15, 0.2) is 6.04 Å². The summed E-state index contributed by atoms with van der Waals surface area (Å²) in [4.78, 5) is 16.7. The average Bonchev–Trinajstić information content (AvgIpc) is 3.01. The summed E-state index contributed by atoms with van der Waals surface area (Å²) in [7, 11) is 0. The average molecular weight is 295 g/mol. The van der Waals surface area contributed by atoms with Crippen molar-refractivity contribution in [3.8, 4) is 0 Å². The molecule has 2 aliphatic rings. The van der Waals surface area contributed by atoms with Crippen molar-refractivity contribution >= 4 is 23.2 Å². The van der Waals surface area contributed by atoms with Crippen molar-refractivity contribution in [2.24, 2.45) is 0 Å². The highest BCUT2D eigenvalue weighted by Crippen LogP contribution is 2.21. The number of hydrogen-bond donors (Lipinski definition) is 1. The number of hydrogen-bond acceptors (Lipinski definition) is 2. The van der Waals surface area contributed by atoms with Crippen molar-refractivity contribution in [3.05, 3.63) is 29.3 Å². The number of carbonyl (C=O) groups is 1. The van der Waals surface area contributed by atoms with Crippen LogP contribution in [0.15, 0.2) is 24.3 Å². The molecule has 0 bridgehead atoms. The molecule has 2 saturated heterocycles. The van der Waals surface area contributed by atoms with Gasteiger partial charge >= 0.3 is 0 Å². The van der Waals surface area contributed by atoms with Gasteiger partial charge in [-0.3, -0.25) is 4.79 Å². The second-order valence-corrected chi connectivity index (χ2v) is 6.00. The van der Waals surface area contributed by atoms with Crippen LogP contribution in [-0.2, 0) is 4.79 Å². The van der Waals surface area contributed by atoms with Gasteiger partial charge in [-0.2, -0.15) is 0 Å². The van der Waals surface area contributed by atoms with Crippen molar-refractivity contribution in [2.75, 3.05) is 37.6 Å². The molecule has 5 heteroatoms. The molecule has 1 amide bonds. The standard InChI is InChI=1S/C15H20ClN3O/c16-12-3-1-4-13(11-12)18-7-9-19(10-8-18)15(20)14-5-2-6-17-14/h1,3-4,11,14,17H,2,5-10H2/p+1/t14-/m1/s1. The van der Waals surface area contributed by atoms with E-state index in [1.54, 1.807) is 0 Å². The molecule has 0 saturated carbocycles. The Bertz CT molecular complexity index is 480. The number of quaternary nitrogens is 1. The molecule has 0 unspecified atom stereocenters. The van der Waals surface area contributed by atoms with Gasteiger partial charge in [0.1, 0.15) is 0 Å². The molecule has 0 aromatic heterocycles. The zero-order valence-electron chi connectivity index (χ0n) is 11.6. The van der Waals surface area contributed by atoms with E-state index in [1.807, 2.05) is 23.1 Å². The first kappa shape index (κ1) is 13.7. The van der Waals surface area contributed by atoms with Crippen LogP contribution in [0.2, 0.25) is 5.02 Å². The van der Waals surface area contributed by atoms with Crippen LogP contribution in [0.4, 0.5) is 5.69 Å². The van der Waals surface area contributed by atoms with Gasteiger partial charge in [0.2, 0.25) is 0 Å². The van der Waals surface area contributed by atoms with E-state index in [-0.39, 0.29) is 6.04 Å². The van der Waals surface area contributed by atoms with Gasteiger partial charge in [-0.1, -0.05) is 17.7 Å². The number of nitrogens with two attached hydrogens (primary N) is 1. The molecule has 0 aliphatic carbocycles. The predicted octanol–water partition coefficient (Wildman–Crippen LogP) is 0.714. The van der Waals surface area contributed by atoms with E-state index in [9.17, 15) is 4.79 Å². The number of halogens is 1. The number of anilines is 1. The molecule has 1 atom stereocenters. The minimum atomic E-state index is 0.174. The number of rotatable bonds is 2. The Labute approximate surface area is 124 Å². The molecule has 4 nitrogen and oxygen atoms in total. The fraction of sp³-hybridized carbons (Fsp3) is 0.533. The summed E-state index contributed by atoms with van der Waals surface area (Å²) in [5, 5.41) is 2.95. The lowest BCUT2D eigenvalue weighted by atomic mass is 10.1. The zero-order chi connectivity index (χ0) is 13.9. The van der Waals surface area contributed by atoms with Crippen LogP contribution in [0.3, 0.4) is 0 Å². The van der Waals surface area contributed by atoms with Gasteiger partial charge in [-0.15, -0.1) is 0 Å². The Hall–Kier alpha value is -1.26. The summed E-state index contributed by atoms with van der Waals surface area (Å²) in [5.74, 6) is 0.327. The number of piperazine rings is 1. The lowest BCUT2D eigenvalue weighted by Gasteiger charge is -2.36. The highest BCUT2D eigenvalue weighted by atomic mass is 35.5. The molecule has 0 radical (unpaired) electrons. The first-order chi connectivity index (χ1) is 9.74. The van der Waals surface area contributed by atoms with Crippen LogP contribution >= 0.6 is 11.6 Å². The predicted molar refractivity (Wildman–Crippen MR) is 80.1 cm³/mol. The zero-order valence-corrected chi connectivity index (χ0v) is 12.4. The fourth-order valence-corrected chi connectivity index (χ4v) is 3.28. The molecule has 0 spiro atoms. The quantitative estimate of drug-likeness (QED) is 0.873. The van der Waals surface area contributed by atoms with E-state index in [1.165, 1.54) is 6.42 Å². The summed E-state index contributed by atoms with van der Waals surface area (Å²) in [5.41, 5.74) is 1.15. The van der Waals surface area contributed by atoms with Crippen molar-refractivity contribution in [1.29, 1.82) is 0 Å². The number of amides is 1. The van der Waals surface area contributed by atoms with Crippen LogP contribution in [-0.4, -0.2) is 49.6 Å². The molecular formula is C15H21ClN3O+. The maximum Gasteiger partial charge on any atom is 0.280 e. The lowest BCUT2D eigenvalue weighted by Crippen LogP contribution is -2.89. The maximum absolute atomic E-state index is 12.4. The molecule has 2 fully saturated rings. The Morgan fingerprint density at radius 2 is 2.05 bits per heavy atom. The highest BCUT2D eigenvalue weighted by Gasteiger charge is 2.32. The van der Waals surface area contributed by atoms with Gasteiger partial charge in [-0.25, -0.2) is 0 Å². The highest BCUT2D eigenvalue weighted by molar-refractivity contribution is 6.30. The van der Waals surface area contributed by atoms with Gasteiger partial charge in [0.25, 0.3) is 5.91 Å². The maximum atomic E-state index is 12.4. The SMILES string of the molecule is O=C([C@H]1CCC[NH2+]1)N1CCN(c2cccc(Cl)c2)CC1. The van der Waals surface area contributed by atoms with Crippen molar-refractivity contribution in [2.45, 2.75) is 18.9 Å². The normalized spacial score (nSPS) is 23.1. The monoisotopic (exact) mass is 294 g/mol. The van der Waals surface area contributed by atoms with Gasteiger partial charge in [-0.05, 0) is 18.2 Å². The molecule has 2 N–H and O–H groups in total. The van der Waals surface area contributed by atoms with Crippen LogP contribution < -0.4 is 10.2 Å². The first-order valence-corrected chi connectivity index (χ1v) is 7.74. The van der Waals surface area contributed by atoms with E-state index in [0.717, 1.165) is 49.9 Å². The summed E-state index contributed by atoms with van der Waals surface area (Å²) in [6.45, 7) is 4.50. The first-order valence-electron chi connectivity index (χ1n) is 7.37. The minimum Gasteiger partial charge on any atom is -0.368 e. The largest absolute Gasteiger partial charge is 0.368 e. The van der Waals surface area contributed by atoms with E-state index in [0.29, 0.717) is 5.91 Å². The van der Waals surface area contributed by atoms with E-state index >= 15 is 0 Å². The Morgan fingerprint density at radius 1 is 1.25 bits per heavy atom. The molecule has 2 heterocycles. The van der Waals surface area contributed by atoms with Crippen LogP contribution in [0.5, 0.6) is 0 Å². The van der Waals surface area contributed by atoms with Gasteiger partial charge < -0.3 is 15.1 Å². The summed E-state index contributed by atoms with van der Waals surface area (Å²) in [6.07, 6.45) is 2.20. The molecule has 2 aliphatic heterocycles. The Kier molecular flexibility index (Phi) is 4.13. The van der Waals surface area contributed by atoms with Crippen molar-refractivity contribution < 1.29 is 10.1 Å². The third kappa shape index (κ3) is 2.91. The van der Waals surface area contributed by atoms with Crippen LogP contribution in [0, 0.1) is 0 Å². The third-order valence-corrected chi connectivity index (χ3v) is 4.49. The molecule has 3 rings (SSSR count). The van der Waals surface area contributed by atoms with Gasteiger partial charge in [0, 0.05) is 49.7 Å². The molecule has 108 valence electrons. The van der Waals surface area contributed by atoms with E-state index in [4.69, 9.17) is 11.6 Å². The Balaban J connectivity index is 1.58. The summed E-state index contributed by atoms with van der Waals surface area (Å²) in [6, 6.07) is 8.11. The lowest BCUT2D eigenvalue weighted by molar-refractivity contribution is -0.658. The molecular weight excluding hydrogens is 274 g/mol. The third-order valence-electron chi connectivity index (χ3n) is 4.25. The van der Waals surface area contributed by atoms with Crippen molar-refractivity contribution in [1.82, 2.24) is 4.90 Å². The number of nitrogens with zero attached hydrogens (tertiary/aromatic N) is 2.